The lowest BCUT2D eigenvalue weighted by Gasteiger charge is -2.22. The minimum atomic E-state index is 0.615. The van der Waals surface area contributed by atoms with Gasteiger partial charge in [-0.05, 0) is 55.8 Å². The van der Waals surface area contributed by atoms with Gasteiger partial charge in [-0.3, -0.25) is 4.98 Å². The van der Waals surface area contributed by atoms with Crippen molar-refractivity contribution in [3.63, 3.8) is 0 Å². The van der Waals surface area contributed by atoms with Crippen molar-refractivity contribution in [2.45, 2.75) is 19.9 Å². The van der Waals surface area contributed by atoms with Gasteiger partial charge in [0.15, 0.2) is 0 Å². The number of anilines is 1. The summed E-state index contributed by atoms with van der Waals surface area (Å²) in [6.45, 7) is 3.39. The fraction of sp³-hybridized carbons (Fsp3) is 0.312. The predicted molar refractivity (Wildman–Crippen MR) is 85.3 cm³/mol. The number of nitrogens with two attached hydrogens (primary N) is 1. The first-order valence-corrected chi connectivity index (χ1v) is 7.10. The van der Waals surface area contributed by atoms with Gasteiger partial charge in [-0.15, -0.1) is 0 Å². The quantitative estimate of drug-likeness (QED) is 0.919. The van der Waals surface area contributed by atoms with Gasteiger partial charge >= 0.3 is 0 Å². The molecule has 0 saturated carbocycles. The van der Waals surface area contributed by atoms with Gasteiger partial charge in [-0.25, -0.2) is 0 Å². The highest BCUT2D eigenvalue weighted by Gasteiger charge is 2.09. The number of hydrogen-bond acceptors (Lipinski definition) is 3. The van der Waals surface area contributed by atoms with Gasteiger partial charge in [0.2, 0.25) is 0 Å². The molecule has 2 aromatic rings. The van der Waals surface area contributed by atoms with Crippen LogP contribution >= 0.6 is 11.6 Å². The molecular formula is C16H20ClN3. The molecule has 4 heteroatoms. The molecule has 2 rings (SSSR count). The van der Waals surface area contributed by atoms with E-state index in [-0.39, 0.29) is 0 Å². The number of benzene rings is 1. The number of hydrogen-bond donors (Lipinski definition) is 1. The maximum Gasteiger partial charge on any atom is 0.0600 e. The average Bonchev–Trinajstić information content (AvgIpc) is 2.39. The molecule has 1 aromatic heterocycles. The zero-order valence-corrected chi connectivity index (χ0v) is 12.7. The zero-order valence-electron chi connectivity index (χ0n) is 11.9. The highest BCUT2D eigenvalue weighted by atomic mass is 35.5. The third-order valence-corrected chi connectivity index (χ3v) is 3.45. The van der Waals surface area contributed by atoms with Crippen LogP contribution in [0.25, 0.3) is 0 Å². The first-order valence-electron chi connectivity index (χ1n) is 6.72. The maximum atomic E-state index is 6.07. The van der Waals surface area contributed by atoms with E-state index in [1.54, 1.807) is 0 Å². The highest BCUT2D eigenvalue weighted by molar-refractivity contribution is 6.30. The van der Waals surface area contributed by atoms with E-state index in [2.05, 4.69) is 16.9 Å². The lowest BCUT2D eigenvalue weighted by atomic mass is 10.1. The van der Waals surface area contributed by atoms with E-state index in [9.17, 15) is 0 Å². The molecule has 0 aliphatic heterocycles. The van der Waals surface area contributed by atoms with Crippen LogP contribution in [0, 0.1) is 6.92 Å². The molecule has 1 heterocycles. The van der Waals surface area contributed by atoms with Crippen LogP contribution in [0.3, 0.4) is 0 Å². The monoisotopic (exact) mass is 289 g/mol. The Morgan fingerprint density at radius 1 is 1.25 bits per heavy atom. The Morgan fingerprint density at radius 3 is 2.75 bits per heavy atom. The minimum Gasteiger partial charge on any atom is -0.368 e. The first kappa shape index (κ1) is 14.8. The molecule has 0 spiro atoms. The zero-order chi connectivity index (χ0) is 14.5. The molecule has 0 aliphatic carbocycles. The van der Waals surface area contributed by atoms with Crippen LogP contribution in [0.15, 0.2) is 36.4 Å². The van der Waals surface area contributed by atoms with Crippen LogP contribution in [0.4, 0.5) is 5.69 Å². The van der Waals surface area contributed by atoms with Crippen LogP contribution in [0.1, 0.15) is 17.0 Å². The molecule has 1 aromatic carbocycles. The highest BCUT2D eigenvalue weighted by Crippen LogP contribution is 2.25. The van der Waals surface area contributed by atoms with Gasteiger partial charge in [-0.2, -0.15) is 0 Å². The number of nitrogens with zero attached hydrogens (tertiary/aromatic N) is 2. The third-order valence-electron chi connectivity index (χ3n) is 3.21. The van der Waals surface area contributed by atoms with Gasteiger partial charge in [-0.1, -0.05) is 17.7 Å². The Hall–Kier alpha value is -1.58. The van der Waals surface area contributed by atoms with Crippen LogP contribution in [-0.2, 0) is 13.0 Å². The van der Waals surface area contributed by atoms with Gasteiger partial charge < -0.3 is 10.6 Å². The van der Waals surface area contributed by atoms with E-state index < -0.39 is 0 Å². The molecule has 0 unspecified atom stereocenters. The summed E-state index contributed by atoms with van der Waals surface area (Å²) in [4.78, 5) is 6.72. The summed E-state index contributed by atoms with van der Waals surface area (Å²) >= 11 is 6.07. The summed E-state index contributed by atoms with van der Waals surface area (Å²) in [5.74, 6) is 0. The molecule has 0 aliphatic rings. The van der Waals surface area contributed by atoms with Crippen LogP contribution in [0.5, 0.6) is 0 Å². The van der Waals surface area contributed by atoms with Crippen molar-refractivity contribution in [1.82, 2.24) is 4.98 Å². The van der Waals surface area contributed by atoms with Crippen molar-refractivity contribution in [3.8, 4) is 0 Å². The number of aromatic nitrogens is 1. The van der Waals surface area contributed by atoms with E-state index >= 15 is 0 Å². The predicted octanol–water partition coefficient (Wildman–Crippen LogP) is 3.18. The summed E-state index contributed by atoms with van der Waals surface area (Å²) in [5.41, 5.74) is 10.1. The summed E-state index contributed by atoms with van der Waals surface area (Å²) < 4.78 is 0. The van der Waals surface area contributed by atoms with Crippen molar-refractivity contribution in [2.24, 2.45) is 5.73 Å². The van der Waals surface area contributed by atoms with Gasteiger partial charge in [0.25, 0.3) is 0 Å². The Balaban J connectivity index is 2.22. The average molecular weight is 290 g/mol. The minimum absolute atomic E-state index is 0.615. The number of aryl methyl sites for hydroxylation is 1. The molecule has 0 radical (unpaired) electrons. The van der Waals surface area contributed by atoms with Crippen LogP contribution in [-0.4, -0.2) is 18.6 Å². The van der Waals surface area contributed by atoms with Crippen molar-refractivity contribution in [3.05, 3.63) is 58.4 Å². The molecule has 0 atom stereocenters. The SMILES string of the molecule is Cc1cccc(CN(C)c2ccc(Cl)cc2CCN)n1. The largest absolute Gasteiger partial charge is 0.368 e. The van der Waals surface area contributed by atoms with Crippen LogP contribution in [0.2, 0.25) is 5.02 Å². The van der Waals surface area contributed by atoms with E-state index in [4.69, 9.17) is 17.3 Å². The topological polar surface area (TPSA) is 42.1 Å². The molecule has 0 amide bonds. The second kappa shape index (κ2) is 6.73. The summed E-state index contributed by atoms with van der Waals surface area (Å²) in [5, 5.41) is 0.749. The van der Waals surface area contributed by atoms with Crippen molar-refractivity contribution in [2.75, 3.05) is 18.5 Å². The molecule has 0 bridgehead atoms. The third kappa shape index (κ3) is 3.71. The lowest BCUT2D eigenvalue weighted by molar-refractivity contribution is 0.860. The Kier molecular flexibility index (Phi) is 4.99. The van der Waals surface area contributed by atoms with E-state index in [0.29, 0.717) is 6.54 Å². The summed E-state index contributed by atoms with van der Waals surface area (Å²) in [6, 6.07) is 12.0. The standard InChI is InChI=1S/C16H20ClN3/c1-12-4-3-5-15(19-12)11-20(2)16-7-6-14(17)10-13(16)8-9-18/h3-7,10H,8-9,11,18H2,1-2H3. The molecule has 0 fully saturated rings. The first-order chi connectivity index (χ1) is 9.60. The number of pyridine rings is 1. The molecule has 106 valence electrons. The van der Waals surface area contributed by atoms with E-state index in [0.717, 1.165) is 35.1 Å². The second-order valence-corrected chi connectivity index (χ2v) is 5.37. The molecular weight excluding hydrogens is 270 g/mol. The molecule has 20 heavy (non-hydrogen) atoms. The van der Waals surface area contributed by atoms with Crippen LogP contribution < -0.4 is 10.6 Å². The van der Waals surface area contributed by atoms with Gasteiger partial charge in [0.05, 0.1) is 12.2 Å². The Morgan fingerprint density at radius 2 is 2.05 bits per heavy atom. The smallest absolute Gasteiger partial charge is 0.0600 e. The van der Waals surface area contributed by atoms with E-state index in [1.807, 2.05) is 43.3 Å². The summed E-state index contributed by atoms with van der Waals surface area (Å²) in [6.07, 6.45) is 0.821. The number of halogens is 1. The maximum absolute atomic E-state index is 6.07. The van der Waals surface area contributed by atoms with Crippen molar-refractivity contribution in [1.29, 1.82) is 0 Å². The van der Waals surface area contributed by atoms with Gasteiger partial charge in [0.1, 0.15) is 0 Å². The van der Waals surface area contributed by atoms with Gasteiger partial charge in [0, 0.05) is 23.5 Å². The molecule has 2 N–H and O–H groups in total. The molecule has 0 saturated heterocycles. The second-order valence-electron chi connectivity index (χ2n) is 4.94. The Bertz CT molecular complexity index is 584. The van der Waals surface area contributed by atoms with E-state index in [1.165, 1.54) is 5.56 Å². The normalized spacial score (nSPS) is 10.6. The lowest BCUT2D eigenvalue weighted by Crippen LogP contribution is -2.19. The summed E-state index contributed by atoms with van der Waals surface area (Å²) in [7, 11) is 2.06. The Labute approximate surface area is 125 Å². The van der Waals surface area contributed by atoms with Crippen molar-refractivity contribution < 1.29 is 0 Å². The fourth-order valence-electron chi connectivity index (χ4n) is 2.30. The number of rotatable bonds is 5. The molecule has 3 nitrogen and oxygen atoms in total. The van der Waals surface area contributed by atoms with Crippen molar-refractivity contribution >= 4 is 17.3 Å². The fourth-order valence-corrected chi connectivity index (χ4v) is 2.49.